The lowest BCUT2D eigenvalue weighted by atomic mass is 10.0. The Morgan fingerprint density at radius 1 is 1.19 bits per heavy atom. The molecule has 0 fully saturated rings. The molecule has 1 aromatic carbocycles. The van der Waals surface area contributed by atoms with Gasteiger partial charge in [-0.05, 0) is 49.6 Å². The Morgan fingerprint density at radius 2 is 1.81 bits per heavy atom. The first kappa shape index (κ1) is 10.9. The molecule has 0 atom stereocenters. The Kier molecular flexibility index (Phi) is 2.77. The molecule has 0 radical (unpaired) electrons. The second-order valence-corrected chi connectivity index (χ2v) is 4.06. The van der Waals surface area contributed by atoms with E-state index in [0.29, 0.717) is 11.1 Å². The average Bonchev–Trinajstić information content (AvgIpc) is 2.73. The molecule has 2 rings (SSSR count). The van der Waals surface area contributed by atoms with Crippen molar-refractivity contribution in [3.8, 4) is 11.3 Å². The molecule has 84 valence electrons. The van der Waals surface area contributed by atoms with Crippen LogP contribution in [0.25, 0.3) is 11.3 Å². The smallest absolute Gasteiger partial charge is 0.129 e. The molecule has 0 spiro atoms. The summed E-state index contributed by atoms with van der Waals surface area (Å²) in [6.45, 7) is 5.62. The van der Waals surface area contributed by atoms with E-state index in [9.17, 15) is 4.39 Å². The van der Waals surface area contributed by atoms with Crippen LogP contribution < -0.4 is 0 Å². The number of aryl methyl sites for hydroxylation is 3. The fourth-order valence-corrected chi connectivity index (χ4v) is 1.78. The monoisotopic (exact) mass is 218 g/mol. The summed E-state index contributed by atoms with van der Waals surface area (Å²) in [6, 6.07) is 5.67. The summed E-state index contributed by atoms with van der Waals surface area (Å²) >= 11 is 0. The molecule has 0 aliphatic heterocycles. The van der Waals surface area contributed by atoms with E-state index in [1.165, 1.54) is 0 Å². The van der Waals surface area contributed by atoms with Crippen LogP contribution in [0, 0.1) is 19.7 Å². The van der Waals surface area contributed by atoms with Gasteiger partial charge in [-0.3, -0.25) is 5.10 Å². The zero-order chi connectivity index (χ0) is 11.7. The van der Waals surface area contributed by atoms with Crippen LogP contribution in [0.1, 0.15) is 23.7 Å². The summed E-state index contributed by atoms with van der Waals surface area (Å²) in [5.74, 6) is -0.130. The maximum absolute atomic E-state index is 13.5. The molecule has 0 saturated heterocycles. The van der Waals surface area contributed by atoms with E-state index >= 15 is 0 Å². The lowest BCUT2D eigenvalue weighted by Gasteiger charge is -2.04. The van der Waals surface area contributed by atoms with Crippen molar-refractivity contribution in [3.05, 3.63) is 40.8 Å². The normalized spacial score (nSPS) is 10.8. The fourth-order valence-electron chi connectivity index (χ4n) is 1.78. The minimum atomic E-state index is -0.130. The van der Waals surface area contributed by atoms with Gasteiger partial charge in [0.25, 0.3) is 0 Å². The minimum absolute atomic E-state index is 0.130. The van der Waals surface area contributed by atoms with Crippen LogP contribution in [-0.2, 0) is 6.42 Å². The number of rotatable bonds is 2. The van der Waals surface area contributed by atoms with Gasteiger partial charge in [0.1, 0.15) is 5.82 Å². The molecule has 16 heavy (non-hydrogen) atoms. The van der Waals surface area contributed by atoms with Gasteiger partial charge in [-0.2, -0.15) is 5.10 Å². The van der Waals surface area contributed by atoms with Crippen LogP contribution >= 0.6 is 0 Å². The summed E-state index contributed by atoms with van der Waals surface area (Å²) in [5, 5.41) is 7.19. The van der Waals surface area contributed by atoms with Gasteiger partial charge in [0.05, 0.1) is 5.69 Å². The third-order valence-electron chi connectivity index (χ3n) is 2.74. The molecular weight excluding hydrogens is 203 g/mol. The molecule has 0 saturated carbocycles. The Bertz CT molecular complexity index is 491. The highest BCUT2D eigenvalue weighted by Crippen LogP contribution is 2.23. The standard InChI is InChI=1S/C13H15FN2/c1-4-11-7-12(16-15-11)10-5-8(2)13(14)9(3)6-10/h5-7H,4H2,1-3H3,(H,15,16). The van der Waals surface area contributed by atoms with Crippen molar-refractivity contribution in [3.63, 3.8) is 0 Å². The van der Waals surface area contributed by atoms with Crippen molar-refractivity contribution in [2.24, 2.45) is 0 Å². The van der Waals surface area contributed by atoms with Gasteiger partial charge in [-0.1, -0.05) is 6.92 Å². The van der Waals surface area contributed by atoms with Crippen molar-refractivity contribution in [2.75, 3.05) is 0 Å². The summed E-state index contributed by atoms with van der Waals surface area (Å²) in [6.07, 6.45) is 0.923. The SMILES string of the molecule is CCc1cc(-c2cc(C)c(F)c(C)c2)n[nH]1. The highest BCUT2D eigenvalue weighted by Gasteiger charge is 2.08. The molecule has 2 aromatic rings. The van der Waals surface area contributed by atoms with E-state index in [1.54, 1.807) is 13.8 Å². The second-order valence-electron chi connectivity index (χ2n) is 4.06. The number of H-pyrrole nitrogens is 1. The zero-order valence-corrected chi connectivity index (χ0v) is 9.76. The number of hydrogen-bond acceptors (Lipinski definition) is 1. The van der Waals surface area contributed by atoms with E-state index < -0.39 is 0 Å². The topological polar surface area (TPSA) is 28.7 Å². The van der Waals surface area contributed by atoms with Crippen molar-refractivity contribution >= 4 is 0 Å². The largest absolute Gasteiger partial charge is 0.282 e. The van der Waals surface area contributed by atoms with Gasteiger partial charge in [0, 0.05) is 11.3 Å². The third kappa shape index (κ3) is 1.85. The van der Waals surface area contributed by atoms with Gasteiger partial charge < -0.3 is 0 Å². The molecule has 1 aromatic heterocycles. The van der Waals surface area contributed by atoms with E-state index in [0.717, 1.165) is 23.4 Å². The molecule has 2 nitrogen and oxygen atoms in total. The van der Waals surface area contributed by atoms with Crippen LogP contribution in [0.3, 0.4) is 0 Å². The van der Waals surface area contributed by atoms with Crippen LogP contribution in [0.2, 0.25) is 0 Å². The molecule has 0 bridgehead atoms. The predicted molar refractivity (Wildman–Crippen MR) is 62.8 cm³/mol. The number of aromatic nitrogens is 2. The lowest BCUT2D eigenvalue weighted by Crippen LogP contribution is -1.89. The van der Waals surface area contributed by atoms with Crippen molar-refractivity contribution in [1.29, 1.82) is 0 Å². The number of nitrogens with zero attached hydrogens (tertiary/aromatic N) is 1. The van der Waals surface area contributed by atoms with Crippen molar-refractivity contribution in [1.82, 2.24) is 10.2 Å². The molecular formula is C13H15FN2. The maximum Gasteiger partial charge on any atom is 0.129 e. The number of nitrogens with one attached hydrogen (secondary N) is 1. The Morgan fingerprint density at radius 3 is 2.31 bits per heavy atom. The predicted octanol–water partition coefficient (Wildman–Crippen LogP) is 3.40. The van der Waals surface area contributed by atoms with Gasteiger partial charge in [-0.15, -0.1) is 0 Å². The molecule has 0 aliphatic rings. The molecule has 1 heterocycles. The Balaban J connectivity index is 2.48. The van der Waals surface area contributed by atoms with E-state index in [-0.39, 0.29) is 5.82 Å². The van der Waals surface area contributed by atoms with Crippen LogP contribution in [0.4, 0.5) is 4.39 Å². The number of halogens is 1. The van der Waals surface area contributed by atoms with Crippen LogP contribution in [0.15, 0.2) is 18.2 Å². The second kappa shape index (κ2) is 4.08. The van der Waals surface area contributed by atoms with Gasteiger partial charge in [-0.25, -0.2) is 4.39 Å². The fraction of sp³-hybridized carbons (Fsp3) is 0.308. The Labute approximate surface area is 94.5 Å². The maximum atomic E-state index is 13.5. The summed E-state index contributed by atoms with van der Waals surface area (Å²) in [7, 11) is 0. The van der Waals surface area contributed by atoms with Gasteiger partial charge in [0.15, 0.2) is 0 Å². The average molecular weight is 218 g/mol. The molecule has 0 unspecified atom stereocenters. The van der Waals surface area contributed by atoms with E-state index in [2.05, 4.69) is 17.1 Å². The van der Waals surface area contributed by atoms with E-state index in [1.807, 2.05) is 18.2 Å². The summed E-state index contributed by atoms with van der Waals surface area (Å²) < 4.78 is 13.5. The molecule has 1 N–H and O–H groups in total. The minimum Gasteiger partial charge on any atom is -0.282 e. The van der Waals surface area contributed by atoms with Crippen LogP contribution in [0.5, 0.6) is 0 Å². The first-order chi connectivity index (χ1) is 7.61. The number of hydrogen-bond donors (Lipinski definition) is 1. The first-order valence-corrected chi connectivity index (χ1v) is 5.43. The summed E-state index contributed by atoms with van der Waals surface area (Å²) in [4.78, 5) is 0. The van der Waals surface area contributed by atoms with Gasteiger partial charge >= 0.3 is 0 Å². The van der Waals surface area contributed by atoms with E-state index in [4.69, 9.17) is 0 Å². The highest BCUT2D eigenvalue weighted by atomic mass is 19.1. The zero-order valence-electron chi connectivity index (χ0n) is 9.76. The van der Waals surface area contributed by atoms with Crippen LogP contribution in [-0.4, -0.2) is 10.2 Å². The Hall–Kier alpha value is -1.64. The number of aromatic amines is 1. The highest BCUT2D eigenvalue weighted by molar-refractivity contribution is 5.61. The number of benzene rings is 1. The summed E-state index contributed by atoms with van der Waals surface area (Å²) in [5.41, 5.74) is 4.26. The molecule has 0 amide bonds. The van der Waals surface area contributed by atoms with Crippen molar-refractivity contribution in [2.45, 2.75) is 27.2 Å². The molecule has 3 heteroatoms. The third-order valence-corrected chi connectivity index (χ3v) is 2.74. The lowest BCUT2D eigenvalue weighted by molar-refractivity contribution is 0.609. The van der Waals surface area contributed by atoms with Gasteiger partial charge in [0.2, 0.25) is 0 Å². The first-order valence-electron chi connectivity index (χ1n) is 5.43. The molecule has 0 aliphatic carbocycles. The quantitative estimate of drug-likeness (QED) is 0.822. The van der Waals surface area contributed by atoms with Crippen molar-refractivity contribution < 1.29 is 4.39 Å².